The van der Waals surface area contributed by atoms with Crippen molar-refractivity contribution in [3.63, 3.8) is 0 Å². The van der Waals surface area contributed by atoms with Gasteiger partial charge >= 0.3 is 0 Å². The van der Waals surface area contributed by atoms with Gasteiger partial charge in [-0.2, -0.15) is 0 Å². The standard InChI is InChI=1S/C14H16N2O/c1-3-6-12-13(15-9-16-14(12)17)11-8-5-4-7-10(11)2/h4-5,7-9H,3,6H2,1-2H3,(H,15,16,17). The fourth-order valence-electron chi connectivity index (χ4n) is 1.98. The molecule has 0 saturated carbocycles. The molecule has 0 spiro atoms. The van der Waals surface area contributed by atoms with Gasteiger partial charge in [0.25, 0.3) is 5.56 Å². The Morgan fingerprint density at radius 2 is 2.06 bits per heavy atom. The second-order valence-corrected chi connectivity index (χ2v) is 4.12. The van der Waals surface area contributed by atoms with E-state index in [4.69, 9.17) is 0 Å². The van der Waals surface area contributed by atoms with Gasteiger partial charge in [-0.1, -0.05) is 37.6 Å². The van der Waals surface area contributed by atoms with Crippen LogP contribution in [0.25, 0.3) is 11.3 Å². The summed E-state index contributed by atoms with van der Waals surface area (Å²) < 4.78 is 0. The Labute approximate surface area is 101 Å². The van der Waals surface area contributed by atoms with Crippen molar-refractivity contribution in [1.29, 1.82) is 0 Å². The lowest BCUT2D eigenvalue weighted by molar-refractivity contribution is 0.888. The first-order valence-corrected chi connectivity index (χ1v) is 5.86. The highest BCUT2D eigenvalue weighted by Crippen LogP contribution is 2.23. The number of rotatable bonds is 3. The third-order valence-electron chi connectivity index (χ3n) is 2.85. The van der Waals surface area contributed by atoms with Crippen molar-refractivity contribution < 1.29 is 0 Å². The molecule has 3 heteroatoms. The Morgan fingerprint density at radius 1 is 1.29 bits per heavy atom. The van der Waals surface area contributed by atoms with Gasteiger partial charge in [0.2, 0.25) is 0 Å². The van der Waals surface area contributed by atoms with Crippen LogP contribution in [0.2, 0.25) is 0 Å². The van der Waals surface area contributed by atoms with Crippen molar-refractivity contribution in [1.82, 2.24) is 9.97 Å². The summed E-state index contributed by atoms with van der Waals surface area (Å²) in [6.45, 7) is 4.10. The van der Waals surface area contributed by atoms with E-state index in [2.05, 4.69) is 16.9 Å². The number of nitrogens with zero attached hydrogens (tertiary/aromatic N) is 1. The van der Waals surface area contributed by atoms with Crippen LogP contribution in [0.4, 0.5) is 0 Å². The number of H-pyrrole nitrogens is 1. The van der Waals surface area contributed by atoms with Gasteiger partial charge in [-0.05, 0) is 18.9 Å². The van der Waals surface area contributed by atoms with Crippen LogP contribution < -0.4 is 5.56 Å². The summed E-state index contributed by atoms with van der Waals surface area (Å²) in [5.74, 6) is 0. The fourth-order valence-corrected chi connectivity index (χ4v) is 1.98. The van der Waals surface area contributed by atoms with Gasteiger partial charge in [0.05, 0.1) is 12.0 Å². The molecule has 1 heterocycles. The smallest absolute Gasteiger partial charge is 0.254 e. The van der Waals surface area contributed by atoms with Crippen LogP contribution in [-0.4, -0.2) is 9.97 Å². The fraction of sp³-hybridized carbons (Fsp3) is 0.286. The predicted octanol–water partition coefficient (Wildman–Crippen LogP) is 2.70. The van der Waals surface area contributed by atoms with E-state index in [1.165, 1.54) is 6.33 Å². The van der Waals surface area contributed by atoms with Crippen molar-refractivity contribution in [2.45, 2.75) is 26.7 Å². The highest BCUT2D eigenvalue weighted by Gasteiger charge is 2.11. The number of hydrogen-bond donors (Lipinski definition) is 1. The maximum atomic E-state index is 11.8. The van der Waals surface area contributed by atoms with E-state index in [0.717, 1.165) is 35.2 Å². The molecule has 0 bridgehead atoms. The Hall–Kier alpha value is -1.90. The van der Waals surface area contributed by atoms with Crippen LogP contribution in [0.5, 0.6) is 0 Å². The Bertz CT molecular complexity index is 572. The quantitative estimate of drug-likeness (QED) is 0.877. The lowest BCUT2D eigenvalue weighted by Crippen LogP contribution is -2.15. The largest absolute Gasteiger partial charge is 0.313 e. The van der Waals surface area contributed by atoms with Gasteiger partial charge in [-0.3, -0.25) is 4.79 Å². The third-order valence-corrected chi connectivity index (χ3v) is 2.85. The molecule has 0 atom stereocenters. The van der Waals surface area contributed by atoms with Crippen LogP contribution in [0.15, 0.2) is 35.4 Å². The molecule has 0 aliphatic rings. The zero-order chi connectivity index (χ0) is 12.3. The normalized spacial score (nSPS) is 10.5. The van der Waals surface area contributed by atoms with Crippen molar-refractivity contribution in [3.05, 3.63) is 52.1 Å². The van der Waals surface area contributed by atoms with Crippen LogP contribution in [0.1, 0.15) is 24.5 Å². The molecule has 0 amide bonds. The van der Waals surface area contributed by atoms with E-state index in [9.17, 15) is 4.79 Å². The van der Waals surface area contributed by atoms with Gasteiger partial charge in [0, 0.05) is 11.1 Å². The highest BCUT2D eigenvalue weighted by molar-refractivity contribution is 5.66. The first-order valence-electron chi connectivity index (χ1n) is 5.86. The van der Waals surface area contributed by atoms with Gasteiger partial charge in [-0.25, -0.2) is 4.98 Å². The topological polar surface area (TPSA) is 45.8 Å². The maximum absolute atomic E-state index is 11.8. The number of aromatic amines is 1. The molecule has 0 aliphatic carbocycles. The molecule has 0 saturated heterocycles. The van der Waals surface area contributed by atoms with E-state index in [0.29, 0.717) is 0 Å². The van der Waals surface area contributed by atoms with Crippen molar-refractivity contribution in [2.75, 3.05) is 0 Å². The molecule has 1 N–H and O–H groups in total. The monoisotopic (exact) mass is 228 g/mol. The van der Waals surface area contributed by atoms with Crippen molar-refractivity contribution >= 4 is 0 Å². The minimum atomic E-state index is -0.0277. The van der Waals surface area contributed by atoms with Crippen LogP contribution in [-0.2, 0) is 6.42 Å². The molecule has 88 valence electrons. The highest BCUT2D eigenvalue weighted by atomic mass is 16.1. The minimum absolute atomic E-state index is 0.0277. The minimum Gasteiger partial charge on any atom is -0.313 e. The van der Waals surface area contributed by atoms with Gasteiger partial charge in [0.1, 0.15) is 0 Å². The van der Waals surface area contributed by atoms with E-state index < -0.39 is 0 Å². The summed E-state index contributed by atoms with van der Waals surface area (Å²) in [7, 11) is 0. The van der Waals surface area contributed by atoms with E-state index >= 15 is 0 Å². The maximum Gasteiger partial charge on any atom is 0.254 e. The van der Waals surface area contributed by atoms with Gasteiger partial charge in [0.15, 0.2) is 0 Å². The van der Waals surface area contributed by atoms with Crippen LogP contribution in [0.3, 0.4) is 0 Å². The van der Waals surface area contributed by atoms with E-state index in [-0.39, 0.29) is 5.56 Å². The average molecular weight is 228 g/mol. The van der Waals surface area contributed by atoms with Crippen LogP contribution >= 0.6 is 0 Å². The molecule has 1 aromatic carbocycles. The Morgan fingerprint density at radius 3 is 2.76 bits per heavy atom. The molecule has 3 nitrogen and oxygen atoms in total. The summed E-state index contributed by atoms with van der Waals surface area (Å²) in [4.78, 5) is 18.8. The Kier molecular flexibility index (Phi) is 3.38. The molecule has 17 heavy (non-hydrogen) atoms. The summed E-state index contributed by atoms with van der Waals surface area (Å²) in [6, 6.07) is 8.01. The lowest BCUT2D eigenvalue weighted by Gasteiger charge is -2.08. The number of aromatic nitrogens is 2. The number of benzene rings is 1. The molecular weight excluding hydrogens is 212 g/mol. The Balaban J connectivity index is 2.63. The summed E-state index contributed by atoms with van der Waals surface area (Å²) >= 11 is 0. The van der Waals surface area contributed by atoms with Gasteiger partial charge in [-0.15, -0.1) is 0 Å². The first-order chi connectivity index (χ1) is 8.24. The zero-order valence-electron chi connectivity index (χ0n) is 10.2. The van der Waals surface area contributed by atoms with Crippen molar-refractivity contribution in [2.24, 2.45) is 0 Å². The van der Waals surface area contributed by atoms with E-state index in [1.807, 2.05) is 31.2 Å². The zero-order valence-corrected chi connectivity index (χ0v) is 10.2. The molecule has 0 aliphatic heterocycles. The second kappa shape index (κ2) is 4.95. The summed E-state index contributed by atoms with van der Waals surface area (Å²) in [5.41, 5.74) is 3.75. The van der Waals surface area contributed by atoms with E-state index in [1.54, 1.807) is 0 Å². The third kappa shape index (κ3) is 2.28. The number of hydrogen-bond acceptors (Lipinski definition) is 2. The van der Waals surface area contributed by atoms with Gasteiger partial charge < -0.3 is 4.98 Å². The molecule has 1 aromatic heterocycles. The molecule has 0 radical (unpaired) electrons. The molecule has 2 rings (SSSR count). The molecule has 2 aromatic rings. The average Bonchev–Trinajstić information content (AvgIpc) is 2.33. The summed E-state index contributed by atoms with van der Waals surface area (Å²) in [6.07, 6.45) is 3.17. The van der Waals surface area contributed by atoms with Crippen molar-refractivity contribution in [3.8, 4) is 11.3 Å². The lowest BCUT2D eigenvalue weighted by atomic mass is 10.00. The number of aryl methyl sites for hydroxylation is 1. The predicted molar refractivity (Wildman–Crippen MR) is 69.0 cm³/mol. The molecule has 0 unspecified atom stereocenters. The number of nitrogens with one attached hydrogen (secondary N) is 1. The molecule has 0 fully saturated rings. The van der Waals surface area contributed by atoms with Crippen LogP contribution in [0, 0.1) is 6.92 Å². The molecular formula is C14H16N2O. The second-order valence-electron chi connectivity index (χ2n) is 4.12. The SMILES string of the molecule is CCCc1c(-c2ccccc2C)nc[nH]c1=O. The first kappa shape index (κ1) is 11.6. The summed E-state index contributed by atoms with van der Waals surface area (Å²) in [5, 5.41) is 0.